The molecule has 0 unspecified atom stereocenters. The first-order valence-electron chi connectivity index (χ1n) is 6.87. The second kappa shape index (κ2) is 7.20. The predicted molar refractivity (Wildman–Crippen MR) is 88.2 cm³/mol. The third kappa shape index (κ3) is 4.85. The summed E-state index contributed by atoms with van der Waals surface area (Å²) in [5.74, 6) is 0.334. The Labute approximate surface area is 139 Å². The number of hydrogen-bond donors (Lipinski definition) is 2. The van der Waals surface area contributed by atoms with Gasteiger partial charge in [0.15, 0.2) is 15.7 Å². The molecule has 2 aromatic rings. The fraction of sp³-hybridized carbons (Fsp3) is 0.357. The largest absolute Gasteiger partial charge is 0.393 e. The van der Waals surface area contributed by atoms with Crippen LogP contribution in [-0.2, 0) is 9.84 Å². The van der Waals surface area contributed by atoms with Gasteiger partial charge in [0, 0.05) is 37.1 Å². The maximum Gasteiger partial charge on any atom is 0.178 e. The molecule has 0 aromatic carbocycles. The Kier molecular flexibility index (Phi) is 5.51. The van der Waals surface area contributed by atoms with E-state index >= 15 is 0 Å². The molecule has 1 atom stereocenters. The van der Waals surface area contributed by atoms with Crippen LogP contribution in [0, 0.1) is 0 Å². The minimum atomic E-state index is -3.35. The lowest BCUT2D eigenvalue weighted by Crippen LogP contribution is -2.11. The van der Waals surface area contributed by atoms with Gasteiger partial charge in [0.05, 0.1) is 11.7 Å². The van der Waals surface area contributed by atoms with Crippen LogP contribution in [0.15, 0.2) is 29.6 Å². The maximum atomic E-state index is 11.5. The second-order valence-corrected chi connectivity index (χ2v) is 7.53. The minimum Gasteiger partial charge on any atom is -0.393 e. The zero-order valence-electron chi connectivity index (χ0n) is 12.7. The van der Waals surface area contributed by atoms with Gasteiger partial charge in [0.1, 0.15) is 10.0 Å². The first-order valence-corrected chi connectivity index (χ1v) is 9.14. The Balaban J connectivity index is 2.31. The Bertz CT molecular complexity index is 779. The van der Waals surface area contributed by atoms with Crippen LogP contribution < -0.4 is 5.32 Å². The second-order valence-electron chi connectivity index (χ2n) is 5.13. The Morgan fingerprint density at radius 2 is 1.91 bits per heavy atom. The van der Waals surface area contributed by atoms with E-state index in [1.807, 2.05) is 0 Å². The SMILES string of the molecule is C[C@@H](O)CCNc1cc(Cl)ncc1-c1ncc(S(C)(=O)=O)cn1. The summed E-state index contributed by atoms with van der Waals surface area (Å²) in [6.07, 6.45) is 5.26. The molecule has 0 fully saturated rings. The van der Waals surface area contributed by atoms with Crippen LogP contribution in [0.1, 0.15) is 13.3 Å². The first kappa shape index (κ1) is 17.6. The molecule has 23 heavy (non-hydrogen) atoms. The number of aliphatic hydroxyl groups is 1. The lowest BCUT2D eigenvalue weighted by Gasteiger charge is -2.12. The zero-order chi connectivity index (χ0) is 17.0. The van der Waals surface area contributed by atoms with E-state index in [2.05, 4.69) is 20.3 Å². The third-order valence-corrected chi connectivity index (χ3v) is 4.32. The van der Waals surface area contributed by atoms with E-state index in [1.54, 1.807) is 13.0 Å². The predicted octanol–water partition coefficient (Wildman–Crippen LogP) is 1.78. The summed E-state index contributed by atoms with van der Waals surface area (Å²) in [5.41, 5.74) is 1.26. The van der Waals surface area contributed by atoms with E-state index in [0.29, 0.717) is 35.2 Å². The Morgan fingerprint density at radius 3 is 2.48 bits per heavy atom. The maximum absolute atomic E-state index is 11.5. The van der Waals surface area contributed by atoms with Crippen LogP contribution >= 0.6 is 11.6 Å². The molecule has 0 radical (unpaired) electrons. The number of nitrogens with zero attached hydrogens (tertiary/aromatic N) is 3. The van der Waals surface area contributed by atoms with Crippen molar-refractivity contribution >= 4 is 27.1 Å². The highest BCUT2D eigenvalue weighted by atomic mass is 35.5. The molecule has 2 rings (SSSR count). The van der Waals surface area contributed by atoms with Crippen LogP contribution in [0.25, 0.3) is 11.4 Å². The molecule has 0 amide bonds. The molecular formula is C14H17ClN4O3S. The molecule has 2 N–H and O–H groups in total. The highest BCUT2D eigenvalue weighted by Crippen LogP contribution is 2.27. The molecule has 0 saturated heterocycles. The van der Waals surface area contributed by atoms with Crippen molar-refractivity contribution in [3.05, 3.63) is 29.8 Å². The van der Waals surface area contributed by atoms with Crippen molar-refractivity contribution in [2.45, 2.75) is 24.3 Å². The van der Waals surface area contributed by atoms with E-state index in [-0.39, 0.29) is 4.90 Å². The van der Waals surface area contributed by atoms with Gasteiger partial charge in [-0.1, -0.05) is 11.6 Å². The van der Waals surface area contributed by atoms with Gasteiger partial charge in [0.2, 0.25) is 0 Å². The number of nitrogens with one attached hydrogen (secondary N) is 1. The number of anilines is 1. The minimum absolute atomic E-state index is 0.0480. The molecule has 0 spiro atoms. The third-order valence-electron chi connectivity index (χ3n) is 3.05. The highest BCUT2D eigenvalue weighted by Gasteiger charge is 2.13. The van der Waals surface area contributed by atoms with E-state index in [1.165, 1.54) is 18.6 Å². The summed E-state index contributed by atoms with van der Waals surface area (Å²) in [6.45, 7) is 2.24. The normalized spacial score (nSPS) is 12.9. The summed E-state index contributed by atoms with van der Waals surface area (Å²) in [4.78, 5) is 12.2. The van der Waals surface area contributed by atoms with Crippen LogP contribution in [-0.4, -0.2) is 47.4 Å². The van der Waals surface area contributed by atoms with Crippen molar-refractivity contribution in [3.8, 4) is 11.4 Å². The lowest BCUT2D eigenvalue weighted by atomic mass is 10.2. The van der Waals surface area contributed by atoms with E-state index in [4.69, 9.17) is 11.6 Å². The molecule has 0 aliphatic rings. The monoisotopic (exact) mass is 356 g/mol. The number of pyridine rings is 1. The van der Waals surface area contributed by atoms with Gasteiger partial charge < -0.3 is 10.4 Å². The van der Waals surface area contributed by atoms with Gasteiger partial charge in [-0.3, -0.25) is 0 Å². The van der Waals surface area contributed by atoms with Gasteiger partial charge in [-0.2, -0.15) is 0 Å². The average Bonchev–Trinajstić information content (AvgIpc) is 2.46. The van der Waals surface area contributed by atoms with Crippen LogP contribution in [0.5, 0.6) is 0 Å². The number of halogens is 1. The van der Waals surface area contributed by atoms with Crippen LogP contribution in [0.3, 0.4) is 0 Å². The summed E-state index contributed by atoms with van der Waals surface area (Å²) < 4.78 is 22.9. The smallest absolute Gasteiger partial charge is 0.178 e. The van der Waals surface area contributed by atoms with Crippen LogP contribution in [0.2, 0.25) is 5.15 Å². The van der Waals surface area contributed by atoms with E-state index in [9.17, 15) is 13.5 Å². The molecule has 0 aliphatic carbocycles. The molecule has 0 aliphatic heterocycles. The van der Waals surface area contributed by atoms with Gasteiger partial charge in [-0.15, -0.1) is 0 Å². The number of aliphatic hydroxyl groups excluding tert-OH is 1. The highest BCUT2D eigenvalue weighted by molar-refractivity contribution is 7.90. The number of rotatable bonds is 6. The molecule has 7 nitrogen and oxygen atoms in total. The topological polar surface area (TPSA) is 105 Å². The van der Waals surface area contributed by atoms with E-state index in [0.717, 1.165) is 6.26 Å². The zero-order valence-corrected chi connectivity index (χ0v) is 14.3. The lowest BCUT2D eigenvalue weighted by molar-refractivity contribution is 0.189. The molecule has 2 heterocycles. The summed E-state index contributed by atoms with van der Waals surface area (Å²) in [7, 11) is -3.35. The van der Waals surface area contributed by atoms with Crippen molar-refractivity contribution in [2.75, 3.05) is 18.1 Å². The first-order chi connectivity index (χ1) is 10.8. The van der Waals surface area contributed by atoms with Gasteiger partial charge in [0.25, 0.3) is 0 Å². The van der Waals surface area contributed by atoms with Gasteiger partial charge >= 0.3 is 0 Å². The average molecular weight is 357 g/mol. The summed E-state index contributed by atoms with van der Waals surface area (Å²) in [6, 6.07) is 1.63. The summed E-state index contributed by atoms with van der Waals surface area (Å²) >= 11 is 5.91. The fourth-order valence-corrected chi connectivity index (χ4v) is 2.46. The molecule has 124 valence electrons. The quantitative estimate of drug-likeness (QED) is 0.760. The standard InChI is InChI=1S/C14H17ClN4O3S/c1-9(20)3-4-16-12-5-13(15)17-8-11(12)14-18-6-10(7-19-14)23(2,21)22/h5-9,20H,3-4H2,1-2H3,(H,16,17)/t9-/m1/s1. The van der Waals surface area contributed by atoms with Crippen molar-refractivity contribution in [2.24, 2.45) is 0 Å². The van der Waals surface area contributed by atoms with Crippen molar-refractivity contribution < 1.29 is 13.5 Å². The van der Waals surface area contributed by atoms with Crippen molar-refractivity contribution in [1.82, 2.24) is 15.0 Å². The summed E-state index contributed by atoms with van der Waals surface area (Å²) in [5, 5.41) is 12.8. The Morgan fingerprint density at radius 1 is 1.26 bits per heavy atom. The molecule has 2 aromatic heterocycles. The molecule has 0 bridgehead atoms. The number of sulfone groups is 1. The molecule has 0 saturated carbocycles. The van der Waals surface area contributed by atoms with E-state index < -0.39 is 15.9 Å². The molecule has 9 heteroatoms. The van der Waals surface area contributed by atoms with Crippen molar-refractivity contribution in [1.29, 1.82) is 0 Å². The molecular weight excluding hydrogens is 340 g/mol. The van der Waals surface area contributed by atoms with Crippen molar-refractivity contribution in [3.63, 3.8) is 0 Å². The van der Waals surface area contributed by atoms with Gasteiger partial charge in [-0.25, -0.2) is 23.4 Å². The van der Waals surface area contributed by atoms with Gasteiger partial charge in [-0.05, 0) is 19.4 Å². The number of hydrogen-bond acceptors (Lipinski definition) is 7. The Hall–Kier alpha value is -1.77. The fourth-order valence-electron chi connectivity index (χ4n) is 1.82. The van der Waals surface area contributed by atoms with Crippen LogP contribution in [0.4, 0.5) is 5.69 Å². The number of aromatic nitrogens is 3.